The third kappa shape index (κ3) is 5.64. The Morgan fingerprint density at radius 1 is 1.15 bits per heavy atom. The van der Waals surface area contributed by atoms with Gasteiger partial charge in [0.25, 0.3) is 0 Å². The maximum atomic E-state index is 10.9. The van der Waals surface area contributed by atoms with Gasteiger partial charge in [-0.2, -0.15) is 0 Å². The summed E-state index contributed by atoms with van der Waals surface area (Å²) in [7, 11) is 1.66. The standard InChI is InChI=1S/C24H24N4O3S3/c1-31-19-4-2-3-17(12-19)21-13-33-24(27-21)26-20(22-14-32-23(25-22)16-7-8-16)11-15-5-9-18(10-6-15)28-34(29)30/h2-6,9-10,12-14,16,20,28H,7-8,11H2,1H3,(H,26,27)(H,29,30)/p-1/t20-/m0/s1. The van der Waals surface area contributed by atoms with Gasteiger partial charge in [0.15, 0.2) is 5.13 Å². The van der Waals surface area contributed by atoms with Crippen molar-refractivity contribution in [2.45, 2.75) is 31.2 Å². The summed E-state index contributed by atoms with van der Waals surface area (Å²) in [5.74, 6) is 1.41. The maximum absolute atomic E-state index is 10.9. The minimum atomic E-state index is -2.34. The second-order valence-electron chi connectivity index (χ2n) is 8.09. The molecule has 1 fully saturated rings. The van der Waals surface area contributed by atoms with Gasteiger partial charge in [-0.15, -0.1) is 22.7 Å². The van der Waals surface area contributed by atoms with Crippen LogP contribution in [0.3, 0.4) is 0 Å². The topological polar surface area (TPSA) is 99.2 Å². The molecule has 34 heavy (non-hydrogen) atoms. The van der Waals surface area contributed by atoms with Crippen molar-refractivity contribution in [3.8, 4) is 17.0 Å². The van der Waals surface area contributed by atoms with Gasteiger partial charge in [0.2, 0.25) is 0 Å². The number of benzene rings is 2. The van der Waals surface area contributed by atoms with Crippen LogP contribution in [0.2, 0.25) is 0 Å². The maximum Gasteiger partial charge on any atom is 0.183 e. The van der Waals surface area contributed by atoms with Crippen LogP contribution >= 0.6 is 22.7 Å². The molecule has 0 saturated heterocycles. The van der Waals surface area contributed by atoms with Crippen molar-refractivity contribution in [2.75, 3.05) is 17.1 Å². The van der Waals surface area contributed by atoms with E-state index in [2.05, 4.69) is 15.4 Å². The first-order valence-corrected chi connectivity index (χ1v) is 13.7. The van der Waals surface area contributed by atoms with Crippen molar-refractivity contribution in [1.82, 2.24) is 9.97 Å². The molecule has 1 saturated carbocycles. The van der Waals surface area contributed by atoms with Crippen molar-refractivity contribution in [3.63, 3.8) is 0 Å². The van der Waals surface area contributed by atoms with Crippen LogP contribution in [0.4, 0.5) is 10.8 Å². The Kier molecular flexibility index (Phi) is 6.91. The highest BCUT2D eigenvalue weighted by molar-refractivity contribution is 7.80. The molecule has 176 valence electrons. The second kappa shape index (κ2) is 10.2. The summed E-state index contributed by atoms with van der Waals surface area (Å²) in [6.45, 7) is 0. The van der Waals surface area contributed by atoms with Crippen molar-refractivity contribution in [2.24, 2.45) is 0 Å². The summed E-state index contributed by atoms with van der Waals surface area (Å²) in [5, 5.41) is 9.79. The number of thiazole rings is 2. The Labute approximate surface area is 208 Å². The Hall–Kier alpha value is -2.79. The number of hydrogen-bond donors (Lipinski definition) is 2. The molecule has 2 aromatic carbocycles. The van der Waals surface area contributed by atoms with Gasteiger partial charge in [-0.3, -0.25) is 4.21 Å². The van der Waals surface area contributed by atoms with Crippen LogP contribution in [-0.4, -0.2) is 25.8 Å². The first-order valence-electron chi connectivity index (χ1n) is 10.8. The molecule has 0 spiro atoms. The van der Waals surface area contributed by atoms with E-state index in [-0.39, 0.29) is 6.04 Å². The largest absolute Gasteiger partial charge is 0.755 e. The highest BCUT2D eigenvalue weighted by Gasteiger charge is 2.28. The molecule has 1 unspecified atom stereocenters. The molecule has 0 bridgehead atoms. The van der Waals surface area contributed by atoms with Gasteiger partial charge in [-0.05, 0) is 49.1 Å². The number of methoxy groups -OCH3 is 1. The SMILES string of the molecule is COc1cccc(-c2csc(N[C@@H](Cc3ccc(NS(=O)[O-])cc3)c3csc(C4CC4)n3)n2)c1. The van der Waals surface area contributed by atoms with E-state index in [1.165, 1.54) is 17.8 Å². The highest BCUT2D eigenvalue weighted by atomic mass is 32.2. The van der Waals surface area contributed by atoms with Crippen LogP contribution in [-0.2, 0) is 17.7 Å². The minimum Gasteiger partial charge on any atom is -0.755 e. The van der Waals surface area contributed by atoms with Crippen molar-refractivity contribution < 1.29 is 13.5 Å². The molecule has 0 aliphatic heterocycles. The smallest absolute Gasteiger partial charge is 0.183 e. The van der Waals surface area contributed by atoms with Gasteiger partial charge >= 0.3 is 0 Å². The summed E-state index contributed by atoms with van der Waals surface area (Å²) in [4.78, 5) is 9.74. The van der Waals surface area contributed by atoms with Crippen LogP contribution < -0.4 is 14.8 Å². The van der Waals surface area contributed by atoms with E-state index in [1.807, 2.05) is 41.8 Å². The summed E-state index contributed by atoms with van der Waals surface area (Å²) < 4.78 is 29.5. The molecule has 2 N–H and O–H groups in total. The molecular formula is C24H23N4O3S3-. The second-order valence-corrected chi connectivity index (χ2v) is 10.5. The van der Waals surface area contributed by atoms with Gasteiger partial charge in [-0.1, -0.05) is 24.3 Å². The van der Waals surface area contributed by atoms with E-state index in [4.69, 9.17) is 14.7 Å². The molecule has 0 amide bonds. The zero-order chi connectivity index (χ0) is 23.5. The van der Waals surface area contributed by atoms with Crippen LogP contribution in [0, 0.1) is 0 Å². The lowest BCUT2D eigenvalue weighted by Gasteiger charge is -2.17. The third-order valence-electron chi connectivity index (χ3n) is 5.59. The molecule has 1 aliphatic carbocycles. The van der Waals surface area contributed by atoms with Gasteiger partial charge in [0.05, 0.1) is 29.5 Å². The molecule has 4 aromatic rings. The lowest BCUT2D eigenvalue weighted by molar-refractivity contribution is 0.415. The third-order valence-corrected chi connectivity index (χ3v) is 7.79. The Morgan fingerprint density at radius 2 is 1.97 bits per heavy atom. The normalized spacial score (nSPS) is 15.0. The first-order chi connectivity index (χ1) is 16.6. The molecule has 0 radical (unpaired) electrons. The van der Waals surface area contributed by atoms with Crippen LogP contribution in [0.25, 0.3) is 11.3 Å². The first kappa shape index (κ1) is 23.0. The van der Waals surface area contributed by atoms with E-state index in [1.54, 1.807) is 41.9 Å². The summed E-state index contributed by atoms with van der Waals surface area (Å²) in [6.07, 6.45) is 3.14. The fraction of sp³-hybridized carbons (Fsp3) is 0.250. The number of nitrogens with zero attached hydrogens (tertiary/aromatic N) is 2. The van der Waals surface area contributed by atoms with E-state index in [0.29, 0.717) is 18.0 Å². The van der Waals surface area contributed by atoms with E-state index < -0.39 is 11.3 Å². The summed E-state index contributed by atoms with van der Waals surface area (Å²) in [5.41, 5.74) is 4.51. The highest BCUT2D eigenvalue weighted by Crippen LogP contribution is 2.42. The molecule has 1 aliphatic rings. The molecule has 2 aromatic heterocycles. The Balaban J connectivity index is 1.37. The molecule has 2 heterocycles. The van der Waals surface area contributed by atoms with Gasteiger partial charge in [0, 0.05) is 39.2 Å². The monoisotopic (exact) mass is 511 g/mol. The molecule has 2 atom stereocenters. The predicted octanol–water partition coefficient (Wildman–Crippen LogP) is 5.75. The Bertz CT molecular complexity index is 1280. The lowest BCUT2D eigenvalue weighted by atomic mass is 10.0. The average Bonchev–Trinajstić information content (AvgIpc) is 3.38. The quantitative estimate of drug-likeness (QED) is 0.263. The summed E-state index contributed by atoms with van der Waals surface area (Å²) in [6, 6.07) is 15.2. The summed E-state index contributed by atoms with van der Waals surface area (Å²) >= 11 is 0.947. The van der Waals surface area contributed by atoms with Crippen molar-refractivity contribution in [1.29, 1.82) is 0 Å². The number of nitrogens with one attached hydrogen (secondary N) is 2. The van der Waals surface area contributed by atoms with Crippen LogP contribution in [0.15, 0.2) is 59.3 Å². The van der Waals surface area contributed by atoms with Gasteiger partial charge in [-0.25, -0.2) is 9.97 Å². The zero-order valence-corrected chi connectivity index (χ0v) is 20.8. The predicted molar refractivity (Wildman–Crippen MR) is 137 cm³/mol. The number of ether oxygens (including phenoxy) is 1. The fourth-order valence-electron chi connectivity index (χ4n) is 3.65. The number of aromatic nitrogens is 2. The van der Waals surface area contributed by atoms with E-state index in [9.17, 15) is 8.76 Å². The van der Waals surface area contributed by atoms with Gasteiger partial charge < -0.3 is 19.3 Å². The molecule has 5 rings (SSSR count). The van der Waals surface area contributed by atoms with Crippen molar-refractivity contribution >= 4 is 44.8 Å². The van der Waals surface area contributed by atoms with Gasteiger partial charge in [0.1, 0.15) is 5.75 Å². The zero-order valence-electron chi connectivity index (χ0n) is 18.4. The Morgan fingerprint density at radius 3 is 2.71 bits per heavy atom. The lowest BCUT2D eigenvalue weighted by Crippen LogP contribution is -2.14. The van der Waals surface area contributed by atoms with Crippen LogP contribution in [0.5, 0.6) is 5.75 Å². The molecule has 10 heteroatoms. The van der Waals surface area contributed by atoms with Crippen molar-refractivity contribution in [3.05, 3.63) is 75.6 Å². The van der Waals surface area contributed by atoms with E-state index >= 15 is 0 Å². The molecular weight excluding hydrogens is 488 g/mol. The molecule has 7 nitrogen and oxygen atoms in total. The number of anilines is 2. The van der Waals surface area contributed by atoms with Crippen LogP contribution in [0.1, 0.15) is 41.1 Å². The minimum absolute atomic E-state index is 0.0551. The average molecular weight is 512 g/mol. The number of rotatable bonds is 10. The fourth-order valence-corrected chi connectivity index (χ4v) is 5.80. The van der Waals surface area contributed by atoms with E-state index in [0.717, 1.165) is 33.4 Å². The number of hydrogen-bond acceptors (Lipinski definition) is 8.